The first-order valence-corrected chi connectivity index (χ1v) is 6.86. The molecular formula is C11H14N2O4S. The molecule has 0 aliphatic carbocycles. The van der Waals surface area contributed by atoms with Gasteiger partial charge < -0.3 is 5.32 Å². The maximum atomic E-state index is 11.3. The highest BCUT2D eigenvalue weighted by molar-refractivity contribution is 7.88. The summed E-state index contributed by atoms with van der Waals surface area (Å²) in [5.41, 5.74) is 1.03. The van der Waals surface area contributed by atoms with Crippen molar-refractivity contribution in [2.45, 2.75) is 19.1 Å². The Labute approximate surface area is 105 Å². The zero-order valence-corrected chi connectivity index (χ0v) is 10.7. The van der Waals surface area contributed by atoms with E-state index in [9.17, 15) is 18.0 Å². The summed E-state index contributed by atoms with van der Waals surface area (Å²) >= 11 is 0. The molecule has 0 saturated carbocycles. The summed E-state index contributed by atoms with van der Waals surface area (Å²) in [6, 6.07) is 6.21. The van der Waals surface area contributed by atoms with Gasteiger partial charge in [-0.25, -0.2) is 13.6 Å². The third-order valence-corrected chi connectivity index (χ3v) is 2.75. The molecule has 0 aromatic heterocycles. The number of rotatable bonds is 5. The molecule has 0 spiro atoms. The number of benzene rings is 1. The van der Waals surface area contributed by atoms with E-state index in [-0.39, 0.29) is 18.0 Å². The fraction of sp³-hybridized carbons (Fsp3) is 0.273. The van der Waals surface area contributed by atoms with Gasteiger partial charge >= 0.3 is 0 Å². The molecule has 0 radical (unpaired) electrons. The van der Waals surface area contributed by atoms with Crippen molar-refractivity contribution in [3.63, 3.8) is 0 Å². The average molecular weight is 270 g/mol. The Kier molecular flexibility index (Phi) is 4.57. The topological polar surface area (TPSA) is 106 Å². The SMILES string of the molecule is CC(=O)CC(=O)Nc1ccc(CS(N)(=O)=O)cc1. The maximum Gasteiger partial charge on any atom is 0.231 e. The summed E-state index contributed by atoms with van der Waals surface area (Å²) in [5, 5.41) is 7.43. The van der Waals surface area contributed by atoms with Crippen LogP contribution in [0, 0.1) is 0 Å². The van der Waals surface area contributed by atoms with Crippen molar-refractivity contribution < 1.29 is 18.0 Å². The first-order valence-electron chi connectivity index (χ1n) is 5.15. The van der Waals surface area contributed by atoms with Crippen LogP contribution in [-0.4, -0.2) is 20.1 Å². The van der Waals surface area contributed by atoms with E-state index < -0.39 is 15.9 Å². The Morgan fingerprint density at radius 3 is 2.22 bits per heavy atom. The van der Waals surface area contributed by atoms with Crippen molar-refractivity contribution in [2.24, 2.45) is 5.14 Å². The van der Waals surface area contributed by atoms with E-state index in [1.807, 2.05) is 0 Å². The van der Waals surface area contributed by atoms with Gasteiger partial charge in [0.15, 0.2) is 0 Å². The largest absolute Gasteiger partial charge is 0.326 e. The third kappa shape index (κ3) is 5.55. The van der Waals surface area contributed by atoms with Gasteiger partial charge in [0.1, 0.15) is 5.78 Å². The number of nitrogens with one attached hydrogen (secondary N) is 1. The molecule has 98 valence electrons. The van der Waals surface area contributed by atoms with Gasteiger partial charge in [-0.2, -0.15) is 0 Å². The number of ketones is 1. The molecule has 0 aliphatic heterocycles. The zero-order valence-electron chi connectivity index (χ0n) is 9.84. The van der Waals surface area contributed by atoms with Crippen LogP contribution in [0.15, 0.2) is 24.3 Å². The minimum atomic E-state index is -3.56. The van der Waals surface area contributed by atoms with E-state index in [1.54, 1.807) is 24.3 Å². The number of sulfonamides is 1. The normalized spacial score (nSPS) is 11.0. The van der Waals surface area contributed by atoms with Gasteiger partial charge in [-0.15, -0.1) is 0 Å². The third-order valence-electron chi connectivity index (χ3n) is 2.02. The van der Waals surface area contributed by atoms with Gasteiger partial charge in [-0.1, -0.05) is 12.1 Å². The fourth-order valence-electron chi connectivity index (χ4n) is 1.35. The van der Waals surface area contributed by atoms with Crippen molar-refractivity contribution in [3.05, 3.63) is 29.8 Å². The molecular weight excluding hydrogens is 256 g/mol. The van der Waals surface area contributed by atoms with E-state index in [1.165, 1.54) is 6.92 Å². The Morgan fingerprint density at radius 1 is 1.22 bits per heavy atom. The minimum Gasteiger partial charge on any atom is -0.326 e. The summed E-state index contributed by atoms with van der Waals surface area (Å²) in [6.07, 6.45) is -0.182. The molecule has 0 saturated heterocycles. The first kappa shape index (κ1) is 14.3. The summed E-state index contributed by atoms with van der Waals surface area (Å²) in [6.45, 7) is 1.33. The molecule has 0 heterocycles. The lowest BCUT2D eigenvalue weighted by Gasteiger charge is -2.05. The van der Waals surface area contributed by atoms with E-state index >= 15 is 0 Å². The van der Waals surface area contributed by atoms with Crippen LogP contribution in [0.25, 0.3) is 0 Å². The highest BCUT2D eigenvalue weighted by Crippen LogP contribution is 2.11. The van der Waals surface area contributed by atoms with Crippen molar-refractivity contribution in [2.75, 3.05) is 5.32 Å². The number of amides is 1. The van der Waals surface area contributed by atoms with Crippen LogP contribution in [0.2, 0.25) is 0 Å². The molecule has 1 amide bonds. The van der Waals surface area contributed by atoms with Gasteiger partial charge in [-0.3, -0.25) is 9.59 Å². The molecule has 0 unspecified atom stereocenters. The quantitative estimate of drug-likeness (QED) is 0.755. The molecule has 3 N–H and O–H groups in total. The minimum absolute atomic E-state index is 0.182. The second kappa shape index (κ2) is 5.74. The Hall–Kier alpha value is -1.73. The maximum absolute atomic E-state index is 11.3. The van der Waals surface area contributed by atoms with Gasteiger partial charge in [0.05, 0.1) is 12.2 Å². The lowest BCUT2D eigenvalue weighted by molar-refractivity contribution is -0.124. The molecule has 6 nitrogen and oxygen atoms in total. The van der Waals surface area contributed by atoms with Gasteiger partial charge in [0, 0.05) is 5.69 Å². The Morgan fingerprint density at radius 2 is 1.78 bits per heavy atom. The van der Waals surface area contributed by atoms with Crippen LogP contribution in [0.3, 0.4) is 0 Å². The molecule has 0 fully saturated rings. The predicted molar refractivity (Wildman–Crippen MR) is 67.2 cm³/mol. The number of Topliss-reactive ketones (excluding diaryl/α,β-unsaturated/α-hetero) is 1. The Bertz CT molecular complexity index is 549. The summed E-state index contributed by atoms with van der Waals surface area (Å²) in [5.74, 6) is -0.880. The first-order chi connectivity index (χ1) is 8.26. The van der Waals surface area contributed by atoms with Gasteiger partial charge in [0.2, 0.25) is 15.9 Å². The number of anilines is 1. The molecule has 0 aliphatic rings. The van der Waals surface area contributed by atoms with Crippen LogP contribution in [0.1, 0.15) is 18.9 Å². The predicted octanol–water partition coefficient (Wildman–Crippen LogP) is 0.393. The molecule has 0 atom stereocenters. The highest BCUT2D eigenvalue weighted by atomic mass is 32.2. The monoisotopic (exact) mass is 270 g/mol. The lowest BCUT2D eigenvalue weighted by Crippen LogP contribution is -2.15. The van der Waals surface area contributed by atoms with Gasteiger partial charge in [0.25, 0.3) is 0 Å². The van der Waals surface area contributed by atoms with E-state index in [4.69, 9.17) is 5.14 Å². The molecule has 18 heavy (non-hydrogen) atoms. The van der Waals surface area contributed by atoms with Crippen molar-refractivity contribution in [3.8, 4) is 0 Å². The lowest BCUT2D eigenvalue weighted by atomic mass is 10.2. The molecule has 1 aromatic rings. The van der Waals surface area contributed by atoms with Crippen LogP contribution < -0.4 is 10.5 Å². The Balaban J connectivity index is 2.66. The summed E-state index contributed by atoms with van der Waals surface area (Å²) in [7, 11) is -3.56. The van der Waals surface area contributed by atoms with E-state index in [0.717, 1.165) is 0 Å². The van der Waals surface area contributed by atoms with Crippen molar-refractivity contribution >= 4 is 27.4 Å². The molecule has 7 heteroatoms. The molecule has 0 bridgehead atoms. The standard InChI is InChI=1S/C11H14N2O4S/c1-8(14)6-11(15)13-10-4-2-9(3-5-10)7-18(12,16)17/h2-5H,6-7H2,1H3,(H,13,15)(H2,12,16,17). The number of primary sulfonamides is 1. The fourth-order valence-corrected chi connectivity index (χ4v) is 2.00. The summed E-state index contributed by atoms with van der Waals surface area (Å²) < 4.78 is 21.7. The average Bonchev–Trinajstić information content (AvgIpc) is 2.17. The van der Waals surface area contributed by atoms with Crippen LogP contribution in [0.4, 0.5) is 5.69 Å². The van der Waals surface area contributed by atoms with Crippen LogP contribution >= 0.6 is 0 Å². The van der Waals surface area contributed by atoms with Crippen molar-refractivity contribution in [1.29, 1.82) is 0 Å². The zero-order chi connectivity index (χ0) is 13.8. The number of carbonyl (C=O) groups excluding carboxylic acids is 2. The summed E-state index contributed by atoms with van der Waals surface area (Å²) in [4.78, 5) is 22.0. The molecule has 1 rings (SSSR count). The van der Waals surface area contributed by atoms with E-state index in [2.05, 4.69) is 5.32 Å². The number of carbonyl (C=O) groups is 2. The second-order valence-corrected chi connectivity index (χ2v) is 5.55. The smallest absolute Gasteiger partial charge is 0.231 e. The van der Waals surface area contributed by atoms with Gasteiger partial charge in [-0.05, 0) is 24.6 Å². The number of hydrogen-bond acceptors (Lipinski definition) is 4. The van der Waals surface area contributed by atoms with Crippen LogP contribution in [0.5, 0.6) is 0 Å². The number of nitrogens with two attached hydrogens (primary N) is 1. The second-order valence-electron chi connectivity index (χ2n) is 3.93. The van der Waals surface area contributed by atoms with Crippen LogP contribution in [-0.2, 0) is 25.4 Å². The van der Waals surface area contributed by atoms with Crippen molar-refractivity contribution in [1.82, 2.24) is 0 Å². The highest BCUT2D eigenvalue weighted by Gasteiger charge is 2.07. The van der Waals surface area contributed by atoms with E-state index in [0.29, 0.717) is 11.3 Å². The molecule has 1 aromatic carbocycles. The number of hydrogen-bond donors (Lipinski definition) is 2.